The largest absolute Gasteiger partial charge is 0.396 e. The van der Waals surface area contributed by atoms with Crippen LogP contribution >= 0.6 is 0 Å². The number of aliphatic hydroxyl groups is 1. The number of nitrogens with zero attached hydrogens (tertiary/aromatic N) is 2. The lowest BCUT2D eigenvalue weighted by molar-refractivity contribution is 0.220. The van der Waals surface area contributed by atoms with Gasteiger partial charge in [-0.05, 0) is 36.8 Å². The minimum absolute atomic E-state index is 0.0466. The summed E-state index contributed by atoms with van der Waals surface area (Å²) >= 11 is 0. The van der Waals surface area contributed by atoms with E-state index >= 15 is 0 Å². The first-order chi connectivity index (χ1) is 10.8. The zero-order valence-electron chi connectivity index (χ0n) is 14.0. The van der Waals surface area contributed by atoms with Crippen molar-refractivity contribution in [1.29, 1.82) is 0 Å². The van der Waals surface area contributed by atoms with Crippen molar-refractivity contribution in [3.05, 3.63) is 18.3 Å². The molecule has 2 rings (SSSR count). The van der Waals surface area contributed by atoms with Gasteiger partial charge in [-0.3, -0.25) is 0 Å². The molecule has 1 fully saturated rings. The molecule has 6 nitrogen and oxygen atoms in total. The molecule has 0 radical (unpaired) electrons. The Morgan fingerprint density at radius 2 is 1.96 bits per heavy atom. The monoisotopic (exact) mass is 341 g/mol. The van der Waals surface area contributed by atoms with Gasteiger partial charge < -0.3 is 10.4 Å². The van der Waals surface area contributed by atoms with E-state index in [4.69, 9.17) is 5.11 Å². The van der Waals surface area contributed by atoms with Crippen LogP contribution in [0, 0.1) is 5.41 Å². The van der Waals surface area contributed by atoms with E-state index in [2.05, 4.69) is 24.1 Å². The lowest BCUT2D eigenvalue weighted by atomic mass is 9.90. The van der Waals surface area contributed by atoms with Gasteiger partial charge in [-0.2, -0.15) is 4.31 Å². The summed E-state index contributed by atoms with van der Waals surface area (Å²) in [5.41, 5.74) is -0.0466. The normalized spacial score (nSPS) is 17.2. The van der Waals surface area contributed by atoms with Crippen LogP contribution in [0.3, 0.4) is 0 Å². The molecule has 23 heavy (non-hydrogen) atoms. The molecule has 0 aliphatic carbocycles. The van der Waals surface area contributed by atoms with E-state index in [0.717, 1.165) is 19.3 Å². The maximum Gasteiger partial charge on any atom is 0.244 e. The third-order valence-corrected chi connectivity index (χ3v) is 6.11. The maximum absolute atomic E-state index is 12.5. The Labute approximate surface area is 139 Å². The number of rotatable bonds is 7. The van der Waals surface area contributed by atoms with E-state index < -0.39 is 10.0 Å². The smallest absolute Gasteiger partial charge is 0.244 e. The summed E-state index contributed by atoms with van der Waals surface area (Å²) < 4.78 is 26.6. The van der Waals surface area contributed by atoms with E-state index in [1.54, 1.807) is 16.4 Å². The minimum atomic E-state index is -3.42. The van der Waals surface area contributed by atoms with Gasteiger partial charge in [0.25, 0.3) is 0 Å². The number of anilines is 1. The average Bonchev–Trinajstić information content (AvgIpc) is 2.54. The molecule has 0 unspecified atom stereocenters. The predicted molar refractivity (Wildman–Crippen MR) is 90.8 cm³/mol. The van der Waals surface area contributed by atoms with Gasteiger partial charge in [0.05, 0.1) is 0 Å². The number of aromatic nitrogens is 1. The number of sulfonamides is 1. The Bertz CT molecular complexity index is 594. The quantitative estimate of drug-likeness (QED) is 0.793. The van der Waals surface area contributed by atoms with Gasteiger partial charge in [0, 0.05) is 32.4 Å². The lowest BCUT2D eigenvalue weighted by Crippen LogP contribution is -2.35. The maximum atomic E-state index is 12.5. The molecule has 7 heteroatoms. The molecule has 0 aromatic carbocycles. The molecule has 0 spiro atoms. The van der Waals surface area contributed by atoms with Gasteiger partial charge in [0.2, 0.25) is 10.0 Å². The summed E-state index contributed by atoms with van der Waals surface area (Å²) in [6.45, 7) is 6.13. The number of hydrogen-bond acceptors (Lipinski definition) is 5. The molecular formula is C16H27N3O3S. The first kappa shape index (κ1) is 18.2. The summed E-state index contributed by atoms with van der Waals surface area (Å²) in [6, 6.07) is 3.31. The minimum Gasteiger partial charge on any atom is -0.396 e. The fourth-order valence-electron chi connectivity index (χ4n) is 2.61. The molecule has 1 aliphatic heterocycles. The summed E-state index contributed by atoms with van der Waals surface area (Å²) in [4.78, 5) is 4.47. The van der Waals surface area contributed by atoms with Crippen LogP contribution in [-0.4, -0.2) is 49.1 Å². The molecule has 1 saturated heterocycles. The Kier molecular flexibility index (Phi) is 6.00. The van der Waals surface area contributed by atoms with E-state index in [0.29, 0.717) is 31.9 Å². The third-order valence-electron chi connectivity index (χ3n) is 4.23. The Balaban J connectivity index is 2.01. The zero-order chi connectivity index (χ0) is 16.9. The molecule has 0 bridgehead atoms. The van der Waals surface area contributed by atoms with Crippen molar-refractivity contribution in [3.8, 4) is 0 Å². The molecule has 1 aromatic heterocycles. The zero-order valence-corrected chi connectivity index (χ0v) is 14.8. The van der Waals surface area contributed by atoms with Gasteiger partial charge in [-0.15, -0.1) is 0 Å². The topological polar surface area (TPSA) is 82.5 Å². The summed E-state index contributed by atoms with van der Waals surface area (Å²) in [5, 5.41) is 12.2. The molecule has 1 aliphatic rings. The van der Waals surface area contributed by atoms with Gasteiger partial charge in [0.15, 0.2) is 0 Å². The molecule has 1 aromatic rings. The number of hydrogen-bond donors (Lipinski definition) is 2. The van der Waals surface area contributed by atoms with Gasteiger partial charge in [-0.1, -0.05) is 20.3 Å². The molecule has 0 atom stereocenters. The number of pyridine rings is 1. The van der Waals surface area contributed by atoms with Crippen molar-refractivity contribution in [2.75, 3.05) is 31.6 Å². The Morgan fingerprint density at radius 1 is 1.26 bits per heavy atom. The highest BCUT2D eigenvalue weighted by Gasteiger charge is 2.26. The first-order valence-electron chi connectivity index (χ1n) is 8.16. The highest BCUT2D eigenvalue weighted by molar-refractivity contribution is 7.89. The second-order valence-corrected chi connectivity index (χ2v) is 8.77. The fourth-order valence-corrected chi connectivity index (χ4v) is 4.08. The van der Waals surface area contributed by atoms with Crippen LogP contribution < -0.4 is 5.32 Å². The average molecular weight is 341 g/mol. The van der Waals surface area contributed by atoms with Crippen molar-refractivity contribution in [2.24, 2.45) is 5.41 Å². The predicted octanol–water partition coefficient (Wildman–Crippen LogP) is 2.08. The first-order valence-corrected chi connectivity index (χ1v) is 9.60. The van der Waals surface area contributed by atoms with Crippen LogP contribution in [0.2, 0.25) is 0 Å². The Morgan fingerprint density at radius 3 is 2.52 bits per heavy atom. The Hall–Kier alpha value is -1.18. The van der Waals surface area contributed by atoms with E-state index in [1.165, 1.54) is 6.20 Å². The number of piperidine rings is 1. The summed E-state index contributed by atoms with van der Waals surface area (Å²) in [6.07, 6.45) is 5.06. The van der Waals surface area contributed by atoms with Gasteiger partial charge in [0.1, 0.15) is 10.7 Å². The third kappa shape index (κ3) is 4.89. The lowest BCUT2D eigenvalue weighted by Gasteiger charge is -2.26. The highest BCUT2D eigenvalue weighted by atomic mass is 32.2. The SMILES string of the molecule is CC(C)(CCO)CNc1ccc(S(=O)(=O)N2CCCCC2)cn1. The van der Waals surface area contributed by atoms with Crippen molar-refractivity contribution in [3.63, 3.8) is 0 Å². The molecule has 2 N–H and O–H groups in total. The van der Waals surface area contributed by atoms with Crippen LogP contribution in [0.1, 0.15) is 39.5 Å². The van der Waals surface area contributed by atoms with E-state index in [1.807, 2.05) is 0 Å². The molecule has 2 heterocycles. The standard InChI is InChI=1S/C16H27N3O3S/c1-16(2,8-11-20)13-18-15-7-6-14(12-17-15)23(21,22)19-9-4-3-5-10-19/h6-7,12,20H,3-5,8-11,13H2,1-2H3,(H,17,18). The molecule has 0 saturated carbocycles. The molecule has 130 valence electrons. The van der Waals surface area contributed by atoms with Crippen LogP contribution in [0.15, 0.2) is 23.2 Å². The highest BCUT2D eigenvalue weighted by Crippen LogP contribution is 2.22. The van der Waals surface area contributed by atoms with Gasteiger partial charge in [-0.25, -0.2) is 13.4 Å². The fraction of sp³-hybridized carbons (Fsp3) is 0.688. The number of nitrogens with one attached hydrogen (secondary N) is 1. The van der Waals surface area contributed by atoms with Crippen molar-refractivity contribution >= 4 is 15.8 Å². The van der Waals surface area contributed by atoms with Crippen LogP contribution in [0.5, 0.6) is 0 Å². The van der Waals surface area contributed by atoms with E-state index in [-0.39, 0.29) is 16.9 Å². The van der Waals surface area contributed by atoms with Crippen molar-refractivity contribution in [2.45, 2.75) is 44.4 Å². The summed E-state index contributed by atoms with van der Waals surface area (Å²) in [7, 11) is -3.42. The number of aliphatic hydroxyl groups excluding tert-OH is 1. The molecular weight excluding hydrogens is 314 g/mol. The van der Waals surface area contributed by atoms with E-state index in [9.17, 15) is 8.42 Å². The van der Waals surface area contributed by atoms with Gasteiger partial charge >= 0.3 is 0 Å². The second-order valence-electron chi connectivity index (χ2n) is 6.84. The molecule has 0 amide bonds. The van der Waals surface area contributed by atoms with Crippen LogP contribution in [0.4, 0.5) is 5.82 Å². The summed E-state index contributed by atoms with van der Waals surface area (Å²) in [5.74, 6) is 0.647. The van der Waals surface area contributed by atoms with Crippen LogP contribution in [0.25, 0.3) is 0 Å². The van der Waals surface area contributed by atoms with Crippen LogP contribution in [-0.2, 0) is 10.0 Å². The van der Waals surface area contributed by atoms with Crippen molar-refractivity contribution in [1.82, 2.24) is 9.29 Å². The van der Waals surface area contributed by atoms with Crippen molar-refractivity contribution < 1.29 is 13.5 Å². The second kappa shape index (κ2) is 7.59.